The van der Waals surface area contributed by atoms with Gasteiger partial charge in [0.1, 0.15) is 5.82 Å². The summed E-state index contributed by atoms with van der Waals surface area (Å²) in [6.45, 7) is 6.12. The molecule has 0 radical (unpaired) electrons. The highest BCUT2D eigenvalue weighted by molar-refractivity contribution is 5.90. The van der Waals surface area contributed by atoms with E-state index in [1.54, 1.807) is 19.2 Å². The highest BCUT2D eigenvalue weighted by Crippen LogP contribution is 2.15. The average molecular weight is 249 g/mol. The van der Waals surface area contributed by atoms with Gasteiger partial charge in [-0.25, -0.2) is 9.78 Å². The number of hydrogen-bond donors (Lipinski definition) is 0. The highest BCUT2D eigenvalue weighted by Gasteiger charge is 2.16. The van der Waals surface area contributed by atoms with Crippen LogP contribution in [0.2, 0.25) is 0 Å². The molecule has 5 nitrogen and oxygen atoms in total. The van der Waals surface area contributed by atoms with E-state index in [9.17, 15) is 4.79 Å². The van der Waals surface area contributed by atoms with Crippen molar-refractivity contribution >= 4 is 11.8 Å². The average Bonchev–Trinajstić information content (AvgIpc) is 2.40. The molecule has 98 valence electrons. The van der Waals surface area contributed by atoms with E-state index in [0.29, 0.717) is 12.2 Å². The summed E-state index contributed by atoms with van der Waals surface area (Å²) in [4.78, 5) is 20.5. The molecule has 0 unspecified atom stereocenters. The number of aromatic nitrogens is 1. The van der Waals surface area contributed by atoms with E-state index in [2.05, 4.69) is 21.8 Å². The topological polar surface area (TPSA) is 45.7 Å². The number of ether oxygens (including phenoxy) is 1. The van der Waals surface area contributed by atoms with Gasteiger partial charge in [-0.15, -0.1) is 0 Å². The van der Waals surface area contributed by atoms with Gasteiger partial charge in [0.25, 0.3) is 0 Å². The van der Waals surface area contributed by atoms with Gasteiger partial charge in [0.05, 0.1) is 12.2 Å². The summed E-state index contributed by atoms with van der Waals surface area (Å²) >= 11 is 0. The predicted molar refractivity (Wildman–Crippen MR) is 69.9 cm³/mol. The molecule has 0 saturated carbocycles. The molecule has 18 heavy (non-hydrogen) atoms. The largest absolute Gasteiger partial charge is 0.462 e. The molecule has 0 aromatic carbocycles. The van der Waals surface area contributed by atoms with Crippen LogP contribution in [-0.4, -0.2) is 55.7 Å². The summed E-state index contributed by atoms with van der Waals surface area (Å²) < 4.78 is 4.99. The summed E-state index contributed by atoms with van der Waals surface area (Å²) in [7, 11) is 2.11. The van der Waals surface area contributed by atoms with E-state index in [-0.39, 0.29) is 5.97 Å². The first-order valence-corrected chi connectivity index (χ1v) is 6.27. The van der Waals surface area contributed by atoms with Gasteiger partial charge in [-0.1, -0.05) is 0 Å². The van der Waals surface area contributed by atoms with Crippen LogP contribution in [0.5, 0.6) is 0 Å². The highest BCUT2D eigenvalue weighted by atomic mass is 16.5. The number of hydrogen-bond acceptors (Lipinski definition) is 5. The molecule has 0 bridgehead atoms. The summed E-state index contributed by atoms with van der Waals surface area (Å²) in [5.41, 5.74) is 0.570. The molecule has 0 atom stereocenters. The number of piperazine rings is 1. The number of pyridine rings is 1. The SMILES string of the molecule is CCOC(=O)c1ccnc(N2CCN(C)CC2)c1. The molecular formula is C13H19N3O2. The summed E-state index contributed by atoms with van der Waals surface area (Å²) in [5, 5.41) is 0. The molecule has 1 aliphatic heterocycles. The van der Waals surface area contributed by atoms with Gasteiger partial charge in [0.15, 0.2) is 0 Å². The van der Waals surface area contributed by atoms with Crippen LogP contribution in [0, 0.1) is 0 Å². The third kappa shape index (κ3) is 2.98. The minimum absolute atomic E-state index is 0.282. The fraction of sp³-hybridized carbons (Fsp3) is 0.538. The summed E-state index contributed by atoms with van der Waals surface area (Å²) in [6.07, 6.45) is 1.67. The lowest BCUT2D eigenvalue weighted by Gasteiger charge is -2.33. The van der Waals surface area contributed by atoms with Crippen molar-refractivity contribution in [2.75, 3.05) is 44.7 Å². The number of carbonyl (C=O) groups excluding carboxylic acids is 1. The lowest BCUT2D eigenvalue weighted by Crippen LogP contribution is -2.44. The van der Waals surface area contributed by atoms with Gasteiger partial charge in [-0.05, 0) is 26.1 Å². The molecule has 2 heterocycles. The lowest BCUT2D eigenvalue weighted by molar-refractivity contribution is 0.0526. The van der Waals surface area contributed by atoms with Crippen LogP contribution in [0.4, 0.5) is 5.82 Å². The first-order chi connectivity index (χ1) is 8.70. The fourth-order valence-corrected chi connectivity index (χ4v) is 1.97. The molecule has 1 fully saturated rings. The molecule has 1 aromatic heterocycles. The maximum Gasteiger partial charge on any atom is 0.338 e. The zero-order valence-electron chi connectivity index (χ0n) is 10.9. The van der Waals surface area contributed by atoms with Crippen molar-refractivity contribution in [1.82, 2.24) is 9.88 Å². The normalized spacial score (nSPS) is 16.7. The Morgan fingerprint density at radius 3 is 2.78 bits per heavy atom. The zero-order valence-corrected chi connectivity index (χ0v) is 10.9. The summed E-state index contributed by atoms with van der Waals surface area (Å²) in [5.74, 6) is 0.573. The third-order valence-corrected chi connectivity index (χ3v) is 3.08. The third-order valence-electron chi connectivity index (χ3n) is 3.08. The Morgan fingerprint density at radius 2 is 2.11 bits per heavy atom. The molecule has 1 aliphatic rings. The second-order valence-corrected chi connectivity index (χ2v) is 4.41. The second-order valence-electron chi connectivity index (χ2n) is 4.41. The lowest BCUT2D eigenvalue weighted by atomic mass is 10.2. The molecule has 0 amide bonds. The van der Waals surface area contributed by atoms with Crippen LogP contribution < -0.4 is 4.90 Å². The molecular weight excluding hydrogens is 230 g/mol. The molecule has 0 spiro atoms. The molecule has 0 N–H and O–H groups in total. The van der Waals surface area contributed by atoms with Gasteiger partial charge < -0.3 is 14.5 Å². The van der Waals surface area contributed by atoms with E-state index < -0.39 is 0 Å². The number of carbonyl (C=O) groups is 1. The van der Waals surface area contributed by atoms with Crippen LogP contribution in [0.1, 0.15) is 17.3 Å². The Morgan fingerprint density at radius 1 is 1.39 bits per heavy atom. The van der Waals surface area contributed by atoms with Crippen molar-refractivity contribution < 1.29 is 9.53 Å². The summed E-state index contributed by atoms with van der Waals surface area (Å²) in [6, 6.07) is 3.50. The zero-order chi connectivity index (χ0) is 13.0. The minimum atomic E-state index is -0.282. The van der Waals surface area contributed by atoms with E-state index >= 15 is 0 Å². The van der Waals surface area contributed by atoms with Gasteiger partial charge in [0, 0.05) is 32.4 Å². The molecule has 5 heteroatoms. The Balaban J connectivity index is 2.09. The van der Waals surface area contributed by atoms with Crippen molar-refractivity contribution in [3.8, 4) is 0 Å². The number of anilines is 1. The van der Waals surface area contributed by atoms with Crippen molar-refractivity contribution in [2.45, 2.75) is 6.92 Å². The standard InChI is InChI=1S/C13H19N3O2/c1-3-18-13(17)11-4-5-14-12(10-11)16-8-6-15(2)7-9-16/h4-5,10H,3,6-9H2,1-2H3. The van der Waals surface area contributed by atoms with Crippen LogP contribution >= 0.6 is 0 Å². The predicted octanol–water partition coefficient (Wildman–Crippen LogP) is 1.01. The fourth-order valence-electron chi connectivity index (χ4n) is 1.97. The maximum absolute atomic E-state index is 11.7. The Bertz CT molecular complexity index is 414. The van der Waals surface area contributed by atoms with Gasteiger partial charge in [0.2, 0.25) is 0 Å². The molecule has 0 aliphatic carbocycles. The van der Waals surface area contributed by atoms with Gasteiger partial charge in [-0.3, -0.25) is 0 Å². The van der Waals surface area contributed by atoms with Crippen LogP contribution in [-0.2, 0) is 4.74 Å². The van der Waals surface area contributed by atoms with Gasteiger partial charge >= 0.3 is 5.97 Å². The maximum atomic E-state index is 11.7. The number of likely N-dealkylation sites (N-methyl/N-ethyl adjacent to an activating group) is 1. The smallest absolute Gasteiger partial charge is 0.338 e. The minimum Gasteiger partial charge on any atom is -0.462 e. The second kappa shape index (κ2) is 5.82. The molecule has 1 saturated heterocycles. The van der Waals surface area contributed by atoms with Crippen molar-refractivity contribution in [2.24, 2.45) is 0 Å². The number of rotatable bonds is 3. The van der Waals surface area contributed by atoms with Crippen LogP contribution in [0.25, 0.3) is 0 Å². The molecule has 2 rings (SSSR count). The monoisotopic (exact) mass is 249 g/mol. The van der Waals surface area contributed by atoms with E-state index in [0.717, 1.165) is 32.0 Å². The Hall–Kier alpha value is -1.62. The van der Waals surface area contributed by atoms with Crippen molar-refractivity contribution in [3.63, 3.8) is 0 Å². The first kappa shape index (κ1) is 12.8. The number of nitrogens with zero attached hydrogens (tertiary/aromatic N) is 3. The first-order valence-electron chi connectivity index (χ1n) is 6.27. The van der Waals surface area contributed by atoms with Gasteiger partial charge in [-0.2, -0.15) is 0 Å². The van der Waals surface area contributed by atoms with E-state index in [1.165, 1.54) is 0 Å². The van der Waals surface area contributed by atoms with Crippen LogP contribution in [0.15, 0.2) is 18.3 Å². The Kier molecular flexibility index (Phi) is 4.15. The van der Waals surface area contributed by atoms with E-state index in [1.807, 2.05) is 6.07 Å². The van der Waals surface area contributed by atoms with Crippen molar-refractivity contribution in [3.05, 3.63) is 23.9 Å². The van der Waals surface area contributed by atoms with Crippen molar-refractivity contribution in [1.29, 1.82) is 0 Å². The number of esters is 1. The molecule has 1 aromatic rings. The quantitative estimate of drug-likeness (QED) is 0.748. The van der Waals surface area contributed by atoms with Crippen LogP contribution in [0.3, 0.4) is 0 Å². The Labute approximate surface area is 107 Å². The van der Waals surface area contributed by atoms with E-state index in [4.69, 9.17) is 4.74 Å².